The first-order chi connectivity index (χ1) is 10.9. The summed E-state index contributed by atoms with van der Waals surface area (Å²) in [7, 11) is -3.58. The Bertz CT molecular complexity index is 611. The van der Waals surface area contributed by atoms with Gasteiger partial charge in [0.25, 0.3) is 0 Å². The average molecular weight is 358 g/mol. The zero-order valence-electron chi connectivity index (χ0n) is 15.7. The van der Waals surface area contributed by atoms with Crippen LogP contribution in [0.25, 0.3) is 0 Å². The molecule has 6 nitrogen and oxygen atoms in total. The molecule has 138 valence electrons. The molecule has 0 bridgehead atoms. The number of hydrogen-bond donors (Lipinski definition) is 2. The van der Waals surface area contributed by atoms with Crippen molar-refractivity contribution >= 4 is 15.8 Å². The van der Waals surface area contributed by atoms with Crippen LogP contribution in [0.2, 0.25) is 0 Å². The first kappa shape index (κ1) is 20.9. The van der Waals surface area contributed by atoms with E-state index in [-0.39, 0.29) is 22.4 Å². The van der Waals surface area contributed by atoms with E-state index in [1.165, 1.54) is 10.5 Å². The van der Waals surface area contributed by atoms with E-state index in [1.54, 1.807) is 12.1 Å². The molecule has 0 saturated heterocycles. The number of sulfonamides is 1. The lowest BCUT2D eigenvalue weighted by Crippen LogP contribution is -2.41. The minimum atomic E-state index is -3.58. The summed E-state index contributed by atoms with van der Waals surface area (Å²) in [5.41, 5.74) is -0.231. The van der Waals surface area contributed by atoms with Crippen molar-refractivity contribution < 1.29 is 13.5 Å². The lowest BCUT2D eigenvalue weighted by Gasteiger charge is -2.29. The van der Waals surface area contributed by atoms with E-state index >= 15 is 0 Å². The van der Waals surface area contributed by atoms with Crippen molar-refractivity contribution in [2.75, 3.05) is 11.9 Å². The van der Waals surface area contributed by atoms with Crippen molar-refractivity contribution in [2.24, 2.45) is 5.41 Å². The Balaban J connectivity index is 2.91. The second-order valence-electron chi connectivity index (χ2n) is 7.66. The summed E-state index contributed by atoms with van der Waals surface area (Å²) in [6.45, 7) is 13.6. The number of nitrogens with one attached hydrogen (secondary N) is 1. The zero-order valence-corrected chi connectivity index (χ0v) is 16.6. The van der Waals surface area contributed by atoms with E-state index in [4.69, 9.17) is 0 Å². The van der Waals surface area contributed by atoms with Gasteiger partial charge in [0, 0.05) is 24.8 Å². The van der Waals surface area contributed by atoms with Crippen LogP contribution in [0.3, 0.4) is 0 Å². The fraction of sp³-hybridized carbons (Fsp3) is 0.706. The molecule has 0 spiro atoms. The van der Waals surface area contributed by atoms with Crippen molar-refractivity contribution in [3.8, 4) is 0 Å². The molecule has 0 saturated carbocycles. The molecule has 0 aliphatic heterocycles. The minimum Gasteiger partial charge on any atom is -0.391 e. The Labute approximate surface area is 146 Å². The molecule has 0 aliphatic rings. The Morgan fingerprint density at radius 2 is 1.71 bits per heavy atom. The third-order valence-corrected chi connectivity index (χ3v) is 6.04. The number of hydrogen-bond acceptors (Lipinski definition) is 5. The van der Waals surface area contributed by atoms with Gasteiger partial charge in [0.2, 0.25) is 10.0 Å². The predicted molar refractivity (Wildman–Crippen MR) is 97.5 cm³/mol. The molecule has 7 heteroatoms. The Hall–Kier alpha value is -1.18. The summed E-state index contributed by atoms with van der Waals surface area (Å²) in [5, 5.41) is 13.1. The van der Waals surface area contributed by atoms with Crippen LogP contribution in [0.15, 0.2) is 23.2 Å². The fourth-order valence-corrected chi connectivity index (χ4v) is 4.20. The number of nitrogens with zero attached hydrogens (tertiary/aromatic N) is 2. The van der Waals surface area contributed by atoms with E-state index in [0.717, 1.165) is 0 Å². The van der Waals surface area contributed by atoms with Crippen molar-refractivity contribution in [3.05, 3.63) is 18.3 Å². The molecule has 1 aromatic heterocycles. The summed E-state index contributed by atoms with van der Waals surface area (Å²) < 4.78 is 27.0. The van der Waals surface area contributed by atoms with Crippen LogP contribution < -0.4 is 5.32 Å². The van der Waals surface area contributed by atoms with Crippen molar-refractivity contribution in [1.82, 2.24) is 9.29 Å². The molecule has 0 aliphatic carbocycles. The monoisotopic (exact) mass is 357 g/mol. The smallest absolute Gasteiger partial charge is 0.245 e. The molecule has 0 amide bonds. The van der Waals surface area contributed by atoms with Gasteiger partial charge < -0.3 is 10.4 Å². The average Bonchev–Trinajstić information content (AvgIpc) is 2.42. The van der Waals surface area contributed by atoms with Gasteiger partial charge >= 0.3 is 0 Å². The van der Waals surface area contributed by atoms with Gasteiger partial charge in [-0.2, -0.15) is 4.31 Å². The molecule has 24 heavy (non-hydrogen) atoms. The van der Waals surface area contributed by atoms with E-state index in [1.807, 2.05) is 48.5 Å². The molecule has 0 aromatic carbocycles. The van der Waals surface area contributed by atoms with Gasteiger partial charge in [-0.3, -0.25) is 0 Å². The Morgan fingerprint density at radius 3 is 2.08 bits per heavy atom. The summed E-state index contributed by atoms with van der Waals surface area (Å²) in [6, 6.07) is 2.91. The molecule has 0 radical (unpaired) electrons. The number of pyridine rings is 1. The molecule has 1 rings (SSSR count). The molecule has 1 aromatic rings. The van der Waals surface area contributed by atoms with Crippen LogP contribution in [0, 0.1) is 5.41 Å². The first-order valence-electron chi connectivity index (χ1n) is 8.29. The molecule has 1 atom stereocenters. The van der Waals surface area contributed by atoms with Gasteiger partial charge in [-0.05, 0) is 45.2 Å². The van der Waals surface area contributed by atoms with Crippen LogP contribution in [-0.4, -0.2) is 47.5 Å². The Kier molecular flexibility index (Phi) is 6.78. The van der Waals surface area contributed by atoms with Gasteiger partial charge in [-0.1, -0.05) is 20.8 Å². The second-order valence-corrected chi connectivity index (χ2v) is 9.51. The summed E-state index contributed by atoms with van der Waals surface area (Å²) >= 11 is 0. The van der Waals surface area contributed by atoms with Gasteiger partial charge in [-0.25, -0.2) is 13.4 Å². The first-order valence-corrected chi connectivity index (χ1v) is 9.73. The van der Waals surface area contributed by atoms with Gasteiger partial charge in [-0.15, -0.1) is 0 Å². The number of rotatable bonds is 7. The highest BCUT2D eigenvalue weighted by Gasteiger charge is 2.29. The van der Waals surface area contributed by atoms with E-state index in [0.29, 0.717) is 12.4 Å². The van der Waals surface area contributed by atoms with Crippen LogP contribution >= 0.6 is 0 Å². The number of aliphatic hydroxyl groups is 1. The standard InChI is InChI=1S/C17H31N3O3S/c1-12(2)20(13(3)4)24(22,23)14-8-9-16(18-10-14)19-11-15(21)17(5,6)7/h8-10,12-13,15,21H,11H2,1-7H3,(H,18,19). The number of anilines is 1. The highest BCUT2D eigenvalue weighted by atomic mass is 32.2. The molecular weight excluding hydrogens is 326 g/mol. The molecule has 0 fully saturated rings. The summed E-state index contributed by atoms with van der Waals surface area (Å²) in [4.78, 5) is 4.34. The third-order valence-electron chi connectivity index (χ3n) is 3.81. The Morgan fingerprint density at radius 1 is 1.17 bits per heavy atom. The maximum Gasteiger partial charge on any atom is 0.245 e. The highest BCUT2D eigenvalue weighted by Crippen LogP contribution is 2.22. The van der Waals surface area contributed by atoms with Gasteiger partial charge in [0.1, 0.15) is 10.7 Å². The summed E-state index contributed by atoms with van der Waals surface area (Å²) in [5.74, 6) is 0.540. The SMILES string of the molecule is CC(C)N(C(C)C)S(=O)(=O)c1ccc(NCC(O)C(C)(C)C)nc1. The third kappa shape index (κ3) is 5.16. The zero-order chi connectivity index (χ0) is 18.7. The fourth-order valence-electron chi connectivity index (χ4n) is 2.42. The van der Waals surface area contributed by atoms with Crippen molar-refractivity contribution in [3.63, 3.8) is 0 Å². The molecule has 2 N–H and O–H groups in total. The highest BCUT2D eigenvalue weighted by molar-refractivity contribution is 7.89. The lowest BCUT2D eigenvalue weighted by atomic mass is 9.89. The summed E-state index contributed by atoms with van der Waals surface area (Å²) in [6.07, 6.45) is 0.832. The lowest BCUT2D eigenvalue weighted by molar-refractivity contribution is 0.0745. The van der Waals surface area contributed by atoms with E-state index in [2.05, 4.69) is 10.3 Å². The maximum atomic E-state index is 12.7. The van der Waals surface area contributed by atoms with Gasteiger partial charge in [0.05, 0.1) is 6.10 Å². The van der Waals surface area contributed by atoms with Crippen LogP contribution in [0.4, 0.5) is 5.82 Å². The predicted octanol–water partition coefficient (Wildman–Crippen LogP) is 2.71. The largest absolute Gasteiger partial charge is 0.391 e. The molecule has 1 unspecified atom stereocenters. The normalized spacial score (nSPS) is 14.5. The van der Waals surface area contributed by atoms with E-state index in [9.17, 15) is 13.5 Å². The number of aliphatic hydroxyl groups excluding tert-OH is 1. The molecular formula is C17H31N3O3S. The van der Waals surface area contributed by atoms with Crippen LogP contribution in [0.5, 0.6) is 0 Å². The maximum absolute atomic E-state index is 12.7. The number of aromatic nitrogens is 1. The quantitative estimate of drug-likeness (QED) is 0.784. The van der Waals surface area contributed by atoms with Crippen LogP contribution in [-0.2, 0) is 10.0 Å². The van der Waals surface area contributed by atoms with Crippen LogP contribution in [0.1, 0.15) is 48.5 Å². The van der Waals surface area contributed by atoms with Gasteiger partial charge in [0.15, 0.2) is 0 Å². The second kappa shape index (κ2) is 7.80. The minimum absolute atomic E-state index is 0.130. The van der Waals surface area contributed by atoms with Crippen molar-refractivity contribution in [1.29, 1.82) is 0 Å². The van der Waals surface area contributed by atoms with E-state index < -0.39 is 16.1 Å². The molecule has 1 heterocycles. The topological polar surface area (TPSA) is 82.5 Å². The van der Waals surface area contributed by atoms with Crippen molar-refractivity contribution in [2.45, 2.75) is 71.5 Å².